The maximum Gasteiger partial charge on any atom is 0.160 e. The Bertz CT molecular complexity index is 2860. The van der Waals surface area contributed by atoms with Gasteiger partial charge in [0.05, 0.1) is 11.4 Å². The van der Waals surface area contributed by atoms with Gasteiger partial charge in [-0.05, 0) is 84.3 Å². The molecule has 1 aliphatic carbocycles. The summed E-state index contributed by atoms with van der Waals surface area (Å²) in [5, 5.41) is 4.72. The van der Waals surface area contributed by atoms with E-state index in [9.17, 15) is 0 Å². The van der Waals surface area contributed by atoms with Crippen molar-refractivity contribution in [2.24, 2.45) is 0 Å². The van der Waals surface area contributed by atoms with Crippen molar-refractivity contribution in [1.29, 1.82) is 0 Å². The molecular weight excluding hydrogens is 641 g/mol. The molecule has 1 aromatic heterocycles. The highest BCUT2D eigenvalue weighted by molar-refractivity contribution is 6.05. The van der Waals surface area contributed by atoms with Gasteiger partial charge in [-0.1, -0.05) is 178 Å². The van der Waals surface area contributed by atoms with Crippen LogP contribution in [0.2, 0.25) is 0 Å². The van der Waals surface area contributed by atoms with Crippen LogP contribution >= 0.6 is 0 Å². The summed E-state index contributed by atoms with van der Waals surface area (Å²) in [6.45, 7) is 4.69. The van der Waals surface area contributed by atoms with E-state index in [1.165, 1.54) is 60.7 Å². The van der Waals surface area contributed by atoms with E-state index in [1.807, 2.05) is 18.2 Å². The minimum Gasteiger partial charge on any atom is -0.228 e. The van der Waals surface area contributed by atoms with E-state index in [0.29, 0.717) is 5.82 Å². The van der Waals surface area contributed by atoms with Crippen LogP contribution in [0.3, 0.4) is 0 Å². The van der Waals surface area contributed by atoms with E-state index >= 15 is 0 Å². The molecule has 250 valence electrons. The largest absolute Gasteiger partial charge is 0.228 e. The third kappa shape index (κ3) is 5.18. The maximum absolute atomic E-state index is 5.23. The Morgan fingerprint density at radius 3 is 1.70 bits per heavy atom. The summed E-state index contributed by atoms with van der Waals surface area (Å²) in [4.78, 5) is 10.4. The van der Waals surface area contributed by atoms with Gasteiger partial charge in [-0.3, -0.25) is 0 Å². The Labute approximate surface area is 310 Å². The van der Waals surface area contributed by atoms with Crippen LogP contribution in [0.5, 0.6) is 0 Å². The number of nitrogens with zero attached hydrogens (tertiary/aromatic N) is 2. The number of hydrogen-bond donors (Lipinski definition) is 0. The van der Waals surface area contributed by atoms with Gasteiger partial charge in [-0.25, -0.2) is 9.97 Å². The quantitative estimate of drug-likeness (QED) is 0.181. The predicted molar refractivity (Wildman–Crippen MR) is 222 cm³/mol. The highest BCUT2D eigenvalue weighted by Gasteiger charge is 2.35. The third-order valence-corrected chi connectivity index (χ3v) is 11.1. The Morgan fingerprint density at radius 1 is 0.340 bits per heavy atom. The van der Waals surface area contributed by atoms with Gasteiger partial charge in [0.15, 0.2) is 5.82 Å². The van der Waals surface area contributed by atoms with E-state index in [-0.39, 0.29) is 5.41 Å². The molecule has 0 bridgehead atoms. The topological polar surface area (TPSA) is 25.8 Å². The van der Waals surface area contributed by atoms with Crippen LogP contribution in [0.1, 0.15) is 25.0 Å². The first-order chi connectivity index (χ1) is 26.0. The lowest BCUT2D eigenvalue weighted by Crippen LogP contribution is -2.14. The zero-order chi connectivity index (χ0) is 35.5. The first kappa shape index (κ1) is 31.1. The SMILES string of the molecule is CC1(C)c2ccccc2-c2ccc(-c3cccc(-c4ccc(-c5cc(-c6cccc7ccccc67)nc(-c6ccccc6)n5)c5ccccc45)c3)cc21. The molecule has 8 aromatic carbocycles. The lowest BCUT2D eigenvalue weighted by molar-refractivity contribution is 0.660. The van der Waals surface area contributed by atoms with Gasteiger partial charge in [-0.2, -0.15) is 0 Å². The molecule has 0 aliphatic heterocycles. The van der Waals surface area contributed by atoms with Crippen LogP contribution in [0.15, 0.2) is 182 Å². The van der Waals surface area contributed by atoms with E-state index in [1.54, 1.807) is 0 Å². The van der Waals surface area contributed by atoms with E-state index < -0.39 is 0 Å². The molecule has 10 rings (SSSR count). The van der Waals surface area contributed by atoms with Gasteiger partial charge >= 0.3 is 0 Å². The van der Waals surface area contributed by atoms with Crippen LogP contribution < -0.4 is 0 Å². The molecule has 0 radical (unpaired) electrons. The summed E-state index contributed by atoms with van der Waals surface area (Å²) < 4.78 is 0. The van der Waals surface area contributed by atoms with E-state index in [0.717, 1.165) is 33.5 Å². The zero-order valence-electron chi connectivity index (χ0n) is 29.7. The van der Waals surface area contributed by atoms with E-state index in [2.05, 4.69) is 178 Å². The summed E-state index contributed by atoms with van der Waals surface area (Å²) in [6, 6.07) is 65.5. The van der Waals surface area contributed by atoms with Crippen molar-refractivity contribution in [2.75, 3.05) is 0 Å². The molecular formula is C51H36N2. The zero-order valence-corrected chi connectivity index (χ0v) is 29.7. The molecule has 9 aromatic rings. The molecule has 0 spiro atoms. The summed E-state index contributed by atoms with van der Waals surface area (Å²) in [7, 11) is 0. The average molecular weight is 677 g/mol. The summed E-state index contributed by atoms with van der Waals surface area (Å²) in [5.74, 6) is 0.715. The minimum atomic E-state index is -0.0412. The van der Waals surface area contributed by atoms with Gasteiger partial charge < -0.3 is 0 Å². The summed E-state index contributed by atoms with van der Waals surface area (Å²) in [6.07, 6.45) is 0. The van der Waals surface area contributed by atoms with Gasteiger partial charge in [-0.15, -0.1) is 0 Å². The fourth-order valence-corrected chi connectivity index (χ4v) is 8.41. The normalized spacial score (nSPS) is 12.9. The number of fused-ring (bicyclic) bond motifs is 5. The monoisotopic (exact) mass is 676 g/mol. The van der Waals surface area contributed by atoms with Crippen molar-refractivity contribution in [3.8, 4) is 67.3 Å². The number of benzene rings is 8. The maximum atomic E-state index is 5.23. The van der Waals surface area contributed by atoms with Gasteiger partial charge in [0.2, 0.25) is 0 Å². The Hall–Kier alpha value is -6.64. The Kier molecular flexibility index (Phi) is 7.19. The predicted octanol–water partition coefficient (Wildman–Crippen LogP) is 13.4. The van der Waals surface area contributed by atoms with Crippen LogP contribution in [0, 0.1) is 0 Å². The molecule has 0 fully saturated rings. The molecule has 0 unspecified atom stereocenters. The average Bonchev–Trinajstić information content (AvgIpc) is 3.45. The molecule has 2 heteroatoms. The number of aromatic nitrogens is 2. The van der Waals surface area contributed by atoms with Crippen molar-refractivity contribution >= 4 is 21.5 Å². The van der Waals surface area contributed by atoms with Crippen molar-refractivity contribution in [1.82, 2.24) is 9.97 Å². The molecule has 0 N–H and O–H groups in total. The van der Waals surface area contributed by atoms with Crippen LogP contribution in [-0.2, 0) is 5.41 Å². The lowest BCUT2D eigenvalue weighted by Gasteiger charge is -2.22. The molecule has 0 amide bonds. The fraction of sp³-hybridized carbons (Fsp3) is 0.0588. The lowest BCUT2D eigenvalue weighted by atomic mass is 9.81. The molecule has 2 nitrogen and oxygen atoms in total. The second-order valence-electron chi connectivity index (χ2n) is 14.6. The molecule has 1 heterocycles. The summed E-state index contributed by atoms with van der Waals surface area (Å²) in [5.41, 5.74) is 15.3. The van der Waals surface area contributed by atoms with Gasteiger partial charge in [0.25, 0.3) is 0 Å². The molecule has 1 aliphatic rings. The van der Waals surface area contributed by atoms with Crippen molar-refractivity contribution in [3.05, 3.63) is 193 Å². The third-order valence-electron chi connectivity index (χ3n) is 11.1. The first-order valence-corrected chi connectivity index (χ1v) is 18.3. The van der Waals surface area contributed by atoms with Crippen LogP contribution in [-0.4, -0.2) is 9.97 Å². The molecule has 0 saturated carbocycles. The van der Waals surface area contributed by atoms with Crippen LogP contribution in [0.25, 0.3) is 88.8 Å². The second kappa shape index (κ2) is 12.3. The highest BCUT2D eigenvalue weighted by atomic mass is 14.9. The van der Waals surface area contributed by atoms with Gasteiger partial charge in [0.1, 0.15) is 0 Å². The van der Waals surface area contributed by atoms with Gasteiger partial charge in [0, 0.05) is 22.1 Å². The highest BCUT2D eigenvalue weighted by Crippen LogP contribution is 2.49. The van der Waals surface area contributed by atoms with Crippen molar-refractivity contribution in [2.45, 2.75) is 19.3 Å². The first-order valence-electron chi connectivity index (χ1n) is 18.3. The Balaban J connectivity index is 1.10. The number of hydrogen-bond acceptors (Lipinski definition) is 2. The summed E-state index contributed by atoms with van der Waals surface area (Å²) >= 11 is 0. The minimum absolute atomic E-state index is 0.0412. The standard InChI is InChI=1S/C51H36N2/c1-51(2)46-25-11-10-23-42(46)43-27-26-36(31-47(43)51)35-18-12-19-37(30-35)39-28-29-45(41-22-9-8-21-40(39)41)49-32-48(52-50(53-49)34-15-4-3-5-16-34)44-24-13-17-33-14-6-7-20-38(33)44/h3-32H,1-2H3. The van der Waals surface area contributed by atoms with E-state index in [4.69, 9.17) is 9.97 Å². The van der Waals surface area contributed by atoms with Crippen LogP contribution in [0.4, 0.5) is 0 Å². The van der Waals surface area contributed by atoms with Crippen molar-refractivity contribution in [3.63, 3.8) is 0 Å². The molecule has 0 atom stereocenters. The number of rotatable bonds is 5. The Morgan fingerprint density at radius 2 is 0.868 bits per heavy atom. The smallest absolute Gasteiger partial charge is 0.160 e. The second-order valence-corrected chi connectivity index (χ2v) is 14.6. The van der Waals surface area contributed by atoms with Crippen molar-refractivity contribution < 1.29 is 0 Å². The fourth-order valence-electron chi connectivity index (χ4n) is 8.41. The molecule has 0 saturated heterocycles. The molecule has 53 heavy (non-hydrogen) atoms.